The lowest BCUT2D eigenvalue weighted by Gasteiger charge is -2.16. The number of nitriles is 1. The third-order valence-electron chi connectivity index (χ3n) is 1.46. The molecule has 0 atom stereocenters. The summed E-state index contributed by atoms with van der Waals surface area (Å²) in [5.74, 6) is 0.265. The molecule has 0 aliphatic heterocycles. The number of aromatic nitrogens is 3. The van der Waals surface area contributed by atoms with Gasteiger partial charge in [0.25, 0.3) is 0 Å². The first-order valence-corrected chi connectivity index (χ1v) is 4.73. The van der Waals surface area contributed by atoms with Gasteiger partial charge in [0, 0.05) is 6.54 Å². The first-order valence-electron chi connectivity index (χ1n) is 3.97. The third kappa shape index (κ3) is 3.35. The van der Waals surface area contributed by atoms with Crippen LogP contribution in [0.2, 0.25) is 10.6 Å². The van der Waals surface area contributed by atoms with Gasteiger partial charge in [0.15, 0.2) is 0 Å². The van der Waals surface area contributed by atoms with Gasteiger partial charge in [-0.1, -0.05) is 6.08 Å². The van der Waals surface area contributed by atoms with E-state index >= 15 is 0 Å². The van der Waals surface area contributed by atoms with Crippen molar-refractivity contribution in [3.05, 3.63) is 23.2 Å². The fourth-order valence-corrected chi connectivity index (χ4v) is 1.27. The van der Waals surface area contributed by atoms with Gasteiger partial charge >= 0.3 is 0 Å². The van der Waals surface area contributed by atoms with Gasteiger partial charge in [0.1, 0.15) is 6.54 Å². The standard InChI is InChI=1S/C8H7Cl2N5/c1-2-4-15(5-3-11)8-13-6(9)12-7(10)14-8/h2H,1,4-5H2. The average Bonchev–Trinajstić information content (AvgIpc) is 2.16. The Labute approximate surface area is 97.0 Å². The minimum Gasteiger partial charge on any atom is -0.324 e. The van der Waals surface area contributed by atoms with Crippen LogP contribution in [0.25, 0.3) is 0 Å². The number of rotatable bonds is 4. The molecule has 0 fully saturated rings. The van der Waals surface area contributed by atoms with E-state index in [2.05, 4.69) is 21.5 Å². The molecule has 0 bridgehead atoms. The van der Waals surface area contributed by atoms with Gasteiger partial charge in [-0.3, -0.25) is 0 Å². The molecule has 0 aromatic carbocycles. The maximum Gasteiger partial charge on any atom is 0.232 e. The van der Waals surface area contributed by atoms with Gasteiger partial charge in [-0.05, 0) is 23.2 Å². The molecular formula is C8H7Cl2N5. The summed E-state index contributed by atoms with van der Waals surface area (Å²) in [7, 11) is 0. The molecule has 0 aliphatic rings. The summed E-state index contributed by atoms with van der Waals surface area (Å²) in [6, 6.07) is 1.98. The van der Waals surface area contributed by atoms with Crippen molar-refractivity contribution in [3.63, 3.8) is 0 Å². The van der Waals surface area contributed by atoms with E-state index in [4.69, 9.17) is 28.5 Å². The predicted molar refractivity (Wildman–Crippen MR) is 57.9 cm³/mol. The van der Waals surface area contributed by atoms with Crippen LogP contribution in [0.4, 0.5) is 5.95 Å². The van der Waals surface area contributed by atoms with Crippen molar-refractivity contribution in [2.24, 2.45) is 0 Å². The molecule has 78 valence electrons. The van der Waals surface area contributed by atoms with Crippen molar-refractivity contribution >= 4 is 29.2 Å². The highest BCUT2D eigenvalue weighted by Crippen LogP contribution is 2.13. The molecule has 0 radical (unpaired) electrons. The number of anilines is 1. The predicted octanol–water partition coefficient (Wildman–Crippen LogP) is 1.69. The molecule has 1 aromatic rings. The molecule has 1 aromatic heterocycles. The van der Waals surface area contributed by atoms with E-state index < -0.39 is 0 Å². The Kier molecular flexibility index (Phi) is 4.28. The summed E-state index contributed by atoms with van der Waals surface area (Å²) in [5.41, 5.74) is 0. The molecule has 7 heteroatoms. The van der Waals surface area contributed by atoms with E-state index in [1.807, 2.05) is 6.07 Å². The summed E-state index contributed by atoms with van der Waals surface area (Å²) in [5, 5.41) is 8.59. The summed E-state index contributed by atoms with van der Waals surface area (Å²) in [6.45, 7) is 4.13. The van der Waals surface area contributed by atoms with Crippen LogP contribution >= 0.6 is 23.2 Å². The number of hydrogen-bond acceptors (Lipinski definition) is 5. The van der Waals surface area contributed by atoms with Crippen LogP contribution in [0.15, 0.2) is 12.7 Å². The van der Waals surface area contributed by atoms with Crippen molar-refractivity contribution in [1.29, 1.82) is 5.26 Å². The lowest BCUT2D eigenvalue weighted by atomic mass is 10.5. The van der Waals surface area contributed by atoms with Gasteiger partial charge in [-0.15, -0.1) is 6.58 Å². The van der Waals surface area contributed by atoms with E-state index in [9.17, 15) is 0 Å². The Morgan fingerprint density at radius 1 is 1.33 bits per heavy atom. The molecule has 0 unspecified atom stereocenters. The van der Waals surface area contributed by atoms with Crippen molar-refractivity contribution in [2.45, 2.75) is 0 Å². The molecule has 1 heterocycles. The number of hydrogen-bond donors (Lipinski definition) is 0. The van der Waals surface area contributed by atoms with Gasteiger partial charge in [0.2, 0.25) is 16.5 Å². The zero-order valence-corrected chi connectivity index (χ0v) is 9.20. The van der Waals surface area contributed by atoms with Crippen molar-refractivity contribution in [2.75, 3.05) is 18.0 Å². The average molecular weight is 244 g/mol. The van der Waals surface area contributed by atoms with E-state index in [0.29, 0.717) is 6.54 Å². The molecule has 0 saturated heterocycles. The van der Waals surface area contributed by atoms with Crippen LogP contribution in [-0.4, -0.2) is 28.0 Å². The summed E-state index contributed by atoms with van der Waals surface area (Å²) in [4.78, 5) is 12.9. The van der Waals surface area contributed by atoms with Crippen LogP contribution in [0.5, 0.6) is 0 Å². The first-order chi connectivity index (χ1) is 7.17. The van der Waals surface area contributed by atoms with Crippen LogP contribution in [0, 0.1) is 11.3 Å². The van der Waals surface area contributed by atoms with E-state index in [1.54, 1.807) is 11.0 Å². The monoisotopic (exact) mass is 243 g/mol. The van der Waals surface area contributed by atoms with Crippen molar-refractivity contribution in [3.8, 4) is 6.07 Å². The Balaban J connectivity index is 2.99. The highest BCUT2D eigenvalue weighted by molar-refractivity contribution is 6.31. The fourth-order valence-electron chi connectivity index (χ4n) is 0.916. The molecule has 0 saturated carbocycles. The Bertz CT molecular complexity index is 380. The minimum absolute atomic E-state index is 0.00278. The van der Waals surface area contributed by atoms with Crippen LogP contribution in [0.3, 0.4) is 0 Å². The number of nitrogens with zero attached hydrogens (tertiary/aromatic N) is 5. The molecule has 0 N–H and O–H groups in total. The second-order valence-electron chi connectivity index (χ2n) is 2.50. The Morgan fingerprint density at radius 2 is 1.93 bits per heavy atom. The highest BCUT2D eigenvalue weighted by atomic mass is 35.5. The van der Waals surface area contributed by atoms with Gasteiger partial charge < -0.3 is 4.90 Å². The topological polar surface area (TPSA) is 65.7 Å². The maximum atomic E-state index is 8.60. The Hall–Kier alpha value is -1.38. The van der Waals surface area contributed by atoms with E-state index in [-0.39, 0.29) is 23.1 Å². The lowest BCUT2D eigenvalue weighted by Crippen LogP contribution is -2.25. The second kappa shape index (κ2) is 5.49. The van der Waals surface area contributed by atoms with Crippen LogP contribution in [-0.2, 0) is 0 Å². The van der Waals surface area contributed by atoms with Crippen molar-refractivity contribution < 1.29 is 0 Å². The maximum absolute atomic E-state index is 8.60. The van der Waals surface area contributed by atoms with Gasteiger partial charge in [-0.2, -0.15) is 20.2 Å². The smallest absolute Gasteiger partial charge is 0.232 e. The normalized spacial score (nSPS) is 9.40. The molecule has 0 spiro atoms. The fraction of sp³-hybridized carbons (Fsp3) is 0.250. The van der Waals surface area contributed by atoms with E-state index in [1.165, 1.54) is 0 Å². The van der Waals surface area contributed by atoms with Gasteiger partial charge in [-0.25, -0.2) is 0 Å². The van der Waals surface area contributed by atoms with Crippen LogP contribution in [0.1, 0.15) is 0 Å². The Morgan fingerprint density at radius 3 is 2.40 bits per heavy atom. The van der Waals surface area contributed by atoms with Gasteiger partial charge in [0.05, 0.1) is 6.07 Å². The third-order valence-corrected chi connectivity index (χ3v) is 1.80. The quantitative estimate of drug-likeness (QED) is 0.595. The molecular weight excluding hydrogens is 237 g/mol. The largest absolute Gasteiger partial charge is 0.324 e. The first kappa shape index (κ1) is 11.7. The van der Waals surface area contributed by atoms with Crippen LogP contribution < -0.4 is 4.90 Å². The summed E-state index contributed by atoms with van der Waals surface area (Å²) >= 11 is 11.2. The second-order valence-corrected chi connectivity index (χ2v) is 3.18. The SMILES string of the molecule is C=CCN(CC#N)c1nc(Cl)nc(Cl)n1. The molecule has 5 nitrogen and oxygen atoms in total. The number of halogens is 2. The lowest BCUT2D eigenvalue weighted by molar-refractivity contribution is 0.875. The molecule has 0 aliphatic carbocycles. The zero-order chi connectivity index (χ0) is 11.3. The highest BCUT2D eigenvalue weighted by Gasteiger charge is 2.10. The van der Waals surface area contributed by atoms with Crippen molar-refractivity contribution in [1.82, 2.24) is 15.0 Å². The molecule has 1 rings (SSSR count). The zero-order valence-electron chi connectivity index (χ0n) is 7.69. The minimum atomic E-state index is -0.00278. The summed E-state index contributed by atoms with van der Waals surface area (Å²) in [6.07, 6.45) is 1.63. The van der Waals surface area contributed by atoms with E-state index in [0.717, 1.165) is 0 Å². The molecule has 15 heavy (non-hydrogen) atoms. The molecule has 0 amide bonds. The summed E-state index contributed by atoms with van der Waals surface area (Å²) < 4.78 is 0.